The number of benzene rings is 6. The third-order valence-corrected chi connectivity index (χ3v) is 8.59. The Bertz CT molecular complexity index is 1890. The van der Waals surface area contributed by atoms with Gasteiger partial charge in [0.1, 0.15) is 0 Å². The van der Waals surface area contributed by atoms with Gasteiger partial charge >= 0.3 is 0 Å². The van der Waals surface area contributed by atoms with E-state index in [-0.39, 0.29) is 0 Å². The highest BCUT2D eigenvalue weighted by molar-refractivity contribution is 7.26. The second kappa shape index (κ2) is 8.62. The van der Waals surface area contributed by atoms with Gasteiger partial charge in [0.2, 0.25) is 0 Å². The zero-order valence-electron chi connectivity index (χ0n) is 20.3. The average molecular weight is 479 g/mol. The van der Waals surface area contributed by atoms with Crippen molar-refractivity contribution in [2.75, 3.05) is 0 Å². The fraction of sp³-hybridized carbons (Fsp3) is 0.0857. The topological polar surface area (TPSA) is 0 Å². The molecule has 0 N–H and O–H groups in total. The minimum absolute atomic E-state index is 1.13. The minimum Gasteiger partial charge on any atom is -0.135 e. The highest BCUT2D eigenvalue weighted by atomic mass is 32.1. The van der Waals surface area contributed by atoms with Crippen LogP contribution in [-0.2, 0) is 6.42 Å². The summed E-state index contributed by atoms with van der Waals surface area (Å²) in [5.41, 5.74) is 6.56. The molecule has 0 saturated heterocycles. The molecule has 1 heteroatoms. The van der Waals surface area contributed by atoms with Gasteiger partial charge in [-0.05, 0) is 67.9 Å². The molecule has 0 aliphatic heterocycles. The van der Waals surface area contributed by atoms with Crippen LogP contribution in [-0.4, -0.2) is 0 Å². The molecular formula is C35H26S. The van der Waals surface area contributed by atoms with Crippen LogP contribution < -0.4 is 0 Å². The summed E-state index contributed by atoms with van der Waals surface area (Å²) in [6.45, 7) is 2.25. The van der Waals surface area contributed by atoms with Gasteiger partial charge in [0.05, 0.1) is 0 Å². The molecule has 1 aromatic heterocycles. The zero-order chi connectivity index (χ0) is 24.1. The van der Waals surface area contributed by atoms with Crippen molar-refractivity contribution in [1.82, 2.24) is 0 Å². The van der Waals surface area contributed by atoms with E-state index in [1.807, 2.05) is 11.3 Å². The first-order valence-electron chi connectivity index (χ1n) is 12.8. The number of hydrogen-bond acceptors (Lipinski definition) is 1. The van der Waals surface area contributed by atoms with Gasteiger partial charge in [0, 0.05) is 20.2 Å². The van der Waals surface area contributed by atoms with E-state index in [9.17, 15) is 0 Å². The average Bonchev–Trinajstić information content (AvgIpc) is 3.32. The van der Waals surface area contributed by atoms with E-state index < -0.39 is 0 Å². The zero-order valence-corrected chi connectivity index (χ0v) is 21.1. The van der Waals surface area contributed by atoms with Crippen molar-refractivity contribution in [3.63, 3.8) is 0 Å². The van der Waals surface area contributed by atoms with Crippen molar-refractivity contribution in [3.05, 3.63) is 121 Å². The van der Waals surface area contributed by atoms with E-state index in [0.29, 0.717) is 0 Å². The van der Waals surface area contributed by atoms with Crippen molar-refractivity contribution in [3.8, 4) is 22.3 Å². The first kappa shape index (κ1) is 21.4. The third-order valence-electron chi connectivity index (χ3n) is 7.37. The first-order chi connectivity index (χ1) is 17.8. The molecule has 0 radical (unpaired) electrons. The number of rotatable bonds is 4. The van der Waals surface area contributed by atoms with E-state index >= 15 is 0 Å². The molecule has 7 aromatic rings. The Hall–Kier alpha value is -3.94. The van der Waals surface area contributed by atoms with Gasteiger partial charge in [-0.3, -0.25) is 0 Å². The van der Waals surface area contributed by atoms with Crippen molar-refractivity contribution in [1.29, 1.82) is 0 Å². The molecule has 0 fully saturated rings. The van der Waals surface area contributed by atoms with Crippen molar-refractivity contribution in [2.24, 2.45) is 0 Å². The summed E-state index contributed by atoms with van der Waals surface area (Å²) < 4.78 is 2.71. The van der Waals surface area contributed by atoms with Crippen LogP contribution in [0.3, 0.4) is 0 Å². The predicted molar refractivity (Wildman–Crippen MR) is 159 cm³/mol. The third kappa shape index (κ3) is 3.43. The molecule has 0 nitrogen and oxygen atoms in total. The summed E-state index contributed by atoms with van der Waals surface area (Å²) in [5.74, 6) is 0. The Morgan fingerprint density at radius 2 is 1.22 bits per heavy atom. The summed E-state index contributed by atoms with van der Waals surface area (Å²) in [6.07, 6.45) is 2.29. The number of thiophene rings is 1. The SMILES string of the molecule is CCCc1ccc2cc(-c3ccc(-c4cccc5c4sc4ccccc45)cc3)c3ccccc3c2c1. The van der Waals surface area contributed by atoms with E-state index in [4.69, 9.17) is 0 Å². The second-order valence-electron chi connectivity index (χ2n) is 9.63. The van der Waals surface area contributed by atoms with Crippen LogP contribution in [0, 0.1) is 0 Å². The summed E-state index contributed by atoms with van der Waals surface area (Å²) in [7, 11) is 0. The highest BCUT2D eigenvalue weighted by Gasteiger charge is 2.12. The molecule has 0 bridgehead atoms. The molecule has 0 unspecified atom stereocenters. The Balaban J connectivity index is 1.37. The molecule has 172 valence electrons. The molecule has 0 aliphatic carbocycles. The number of hydrogen-bond donors (Lipinski definition) is 0. The molecule has 0 spiro atoms. The van der Waals surface area contributed by atoms with Crippen molar-refractivity contribution >= 4 is 53.1 Å². The molecule has 0 aliphatic rings. The predicted octanol–water partition coefficient (Wildman–Crippen LogP) is 10.6. The largest absolute Gasteiger partial charge is 0.135 e. The lowest BCUT2D eigenvalue weighted by Gasteiger charge is -2.13. The first-order valence-corrected chi connectivity index (χ1v) is 13.6. The van der Waals surface area contributed by atoms with Gasteiger partial charge in [0.15, 0.2) is 0 Å². The lowest BCUT2D eigenvalue weighted by molar-refractivity contribution is 0.924. The summed E-state index contributed by atoms with van der Waals surface area (Å²) in [4.78, 5) is 0. The van der Waals surface area contributed by atoms with Crippen LogP contribution in [0.2, 0.25) is 0 Å². The molecule has 7 rings (SSSR count). The standard InChI is InChI=1S/C35H26S/c1-2-8-23-15-16-26-22-33(29-10-4-3-9-28(29)32(26)21-23)25-19-17-24(18-20-25)27-12-7-13-31-30-11-5-6-14-34(30)36-35(27)31/h3-7,9-22H,2,8H2,1H3. The highest BCUT2D eigenvalue weighted by Crippen LogP contribution is 2.41. The Kier molecular flexibility index (Phi) is 5.11. The maximum Gasteiger partial charge on any atom is 0.0433 e. The van der Waals surface area contributed by atoms with Gasteiger partial charge < -0.3 is 0 Å². The van der Waals surface area contributed by atoms with Crippen molar-refractivity contribution in [2.45, 2.75) is 19.8 Å². The lowest BCUT2D eigenvalue weighted by Crippen LogP contribution is -1.88. The van der Waals surface area contributed by atoms with E-state index in [0.717, 1.165) is 6.42 Å². The molecule has 36 heavy (non-hydrogen) atoms. The number of fused-ring (bicyclic) bond motifs is 6. The molecule has 1 heterocycles. The summed E-state index contributed by atoms with van der Waals surface area (Å²) in [6, 6.07) is 42.8. The van der Waals surface area contributed by atoms with Gasteiger partial charge in [-0.1, -0.05) is 116 Å². The maximum absolute atomic E-state index is 2.39. The summed E-state index contributed by atoms with van der Waals surface area (Å²) >= 11 is 1.89. The molecular weight excluding hydrogens is 452 g/mol. The van der Waals surface area contributed by atoms with Crippen LogP contribution in [0.4, 0.5) is 0 Å². The van der Waals surface area contributed by atoms with Crippen LogP contribution in [0.25, 0.3) is 64.0 Å². The van der Waals surface area contributed by atoms with Crippen LogP contribution in [0.15, 0.2) is 115 Å². The lowest BCUT2D eigenvalue weighted by atomic mass is 9.91. The van der Waals surface area contributed by atoms with E-state index in [1.165, 1.54) is 76.0 Å². The second-order valence-corrected chi connectivity index (χ2v) is 10.7. The van der Waals surface area contributed by atoms with E-state index in [1.54, 1.807) is 0 Å². The summed E-state index contributed by atoms with van der Waals surface area (Å²) in [5, 5.41) is 8.01. The molecule has 0 saturated carbocycles. The monoisotopic (exact) mass is 478 g/mol. The van der Waals surface area contributed by atoms with Crippen LogP contribution in [0.5, 0.6) is 0 Å². The molecule has 6 aromatic carbocycles. The van der Waals surface area contributed by atoms with Crippen LogP contribution >= 0.6 is 11.3 Å². The Labute approximate surface area is 215 Å². The smallest absolute Gasteiger partial charge is 0.0433 e. The minimum atomic E-state index is 1.13. The van der Waals surface area contributed by atoms with Crippen LogP contribution in [0.1, 0.15) is 18.9 Å². The van der Waals surface area contributed by atoms with E-state index in [2.05, 4.69) is 122 Å². The van der Waals surface area contributed by atoms with Gasteiger partial charge in [-0.15, -0.1) is 11.3 Å². The fourth-order valence-electron chi connectivity index (χ4n) is 5.64. The molecule has 0 amide bonds. The van der Waals surface area contributed by atoms with Crippen molar-refractivity contribution < 1.29 is 0 Å². The van der Waals surface area contributed by atoms with Gasteiger partial charge in [-0.25, -0.2) is 0 Å². The number of aryl methyl sites for hydroxylation is 1. The van der Waals surface area contributed by atoms with Gasteiger partial charge in [-0.2, -0.15) is 0 Å². The quantitative estimate of drug-likeness (QED) is 0.221. The van der Waals surface area contributed by atoms with Gasteiger partial charge in [0.25, 0.3) is 0 Å². The molecule has 0 atom stereocenters. The normalized spacial score (nSPS) is 11.7. The fourth-order valence-corrected chi connectivity index (χ4v) is 6.87. The maximum atomic E-state index is 2.39. The Morgan fingerprint density at radius 1 is 0.528 bits per heavy atom. The Morgan fingerprint density at radius 3 is 2.03 bits per heavy atom.